The van der Waals surface area contributed by atoms with Crippen molar-refractivity contribution in [2.45, 2.75) is 38.7 Å². The molecule has 0 radical (unpaired) electrons. The summed E-state index contributed by atoms with van der Waals surface area (Å²) in [5, 5.41) is 0. The van der Waals surface area contributed by atoms with E-state index in [-0.39, 0.29) is 0 Å². The number of imidazole rings is 1. The minimum atomic E-state index is 0.656. The molecule has 1 aromatic heterocycles. The van der Waals surface area contributed by atoms with Gasteiger partial charge < -0.3 is 9.72 Å². The first kappa shape index (κ1) is 15.4. The van der Waals surface area contributed by atoms with Gasteiger partial charge in [-0.3, -0.25) is 0 Å². The topological polar surface area (TPSA) is 37.9 Å². The highest BCUT2D eigenvalue weighted by molar-refractivity contribution is 5.79. The van der Waals surface area contributed by atoms with Gasteiger partial charge in [-0.15, -0.1) is 0 Å². The highest BCUT2D eigenvalue weighted by Gasteiger charge is 2.14. The van der Waals surface area contributed by atoms with Gasteiger partial charge in [-0.25, -0.2) is 4.98 Å². The van der Waals surface area contributed by atoms with Gasteiger partial charge in [0.15, 0.2) is 0 Å². The molecule has 1 heterocycles. The number of para-hydroxylation sites is 2. The number of aromatic nitrogens is 2. The normalized spacial score (nSPS) is 15.8. The molecule has 0 bridgehead atoms. The first-order chi connectivity index (χ1) is 11.9. The van der Waals surface area contributed by atoms with E-state index in [9.17, 15) is 0 Å². The molecule has 1 N–H and O–H groups in total. The summed E-state index contributed by atoms with van der Waals surface area (Å²) in [5.41, 5.74) is 4.42. The molecule has 4 rings (SSSR count). The van der Waals surface area contributed by atoms with E-state index in [0.29, 0.717) is 6.61 Å². The third-order valence-electron chi connectivity index (χ3n) is 5.00. The van der Waals surface area contributed by atoms with Crippen molar-refractivity contribution in [2.75, 3.05) is 6.61 Å². The van der Waals surface area contributed by atoms with Gasteiger partial charge >= 0.3 is 0 Å². The number of hydrogen-bond donors (Lipinski definition) is 1. The number of H-pyrrole nitrogens is 1. The molecule has 124 valence electrons. The van der Waals surface area contributed by atoms with Crippen LogP contribution in [0.5, 0.6) is 0 Å². The summed E-state index contributed by atoms with van der Waals surface area (Å²) >= 11 is 0. The highest BCUT2D eigenvalue weighted by Crippen LogP contribution is 2.26. The lowest BCUT2D eigenvalue weighted by Crippen LogP contribution is -2.13. The fourth-order valence-corrected chi connectivity index (χ4v) is 3.65. The summed E-state index contributed by atoms with van der Waals surface area (Å²) in [7, 11) is 0. The second-order valence-electron chi connectivity index (χ2n) is 6.78. The third kappa shape index (κ3) is 3.36. The van der Waals surface area contributed by atoms with Crippen LogP contribution in [-0.4, -0.2) is 16.6 Å². The Balaban J connectivity index is 1.49. The summed E-state index contributed by atoms with van der Waals surface area (Å²) in [6.07, 6.45) is 6.77. The van der Waals surface area contributed by atoms with Gasteiger partial charge in [-0.1, -0.05) is 55.7 Å². The van der Waals surface area contributed by atoms with Crippen LogP contribution >= 0.6 is 0 Å². The fourth-order valence-electron chi connectivity index (χ4n) is 3.65. The van der Waals surface area contributed by atoms with E-state index in [1.165, 1.54) is 37.7 Å². The Morgan fingerprint density at radius 3 is 2.62 bits per heavy atom. The molecule has 3 aromatic rings. The summed E-state index contributed by atoms with van der Waals surface area (Å²) in [4.78, 5) is 8.16. The van der Waals surface area contributed by atoms with Crippen LogP contribution in [0.4, 0.5) is 0 Å². The largest absolute Gasteiger partial charge is 0.376 e. The van der Waals surface area contributed by atoms with Crippen LogP contribution in [0, 0.1) is 5.92 Å². The van der Waals surface area contributed by atoms with Gasteiger partial charge in [0.2, 0.25) is 0 Å². The van der Waals surface area contributed by atoms with Crippen molar-refractivity contribution in [3.63, 3.8) is 0 Å². The third-order valence-corrected chi connectivity index (χ3v) is 5.00. The first-order valence-corrected chi connectivity index (χ1v) is 9.01. The molecule has 1 aliphatic carbocycles. The van der Waals surface area contributed by atoms with Crippen LogP contribution < -0.4 is 0 Å². The predicted octanol–water partition coefficient (Wildman–Crippen LogP) is 5.33. The Kier molecular flexibility index (Phi) is 4.61. The lowest BCUT2D eigenvalue weighted by atomic mass is 9.90. The van der Waals surface area contributed by atoms with Crippen molar-refractivity contribution in [3.05, 3.63) is 54.1 Å². The van der Waals surface area contributed by atoms with Crippen LogP contribution in [0.15, 0.2) is 48.5 Å². The second kappa shape index (κ2) is 7.18. The fraction of sp³-hybridized carbons (Fsp3) is 0.381. The molecule has 0 unspecified atom stereocenters. The van der Waals surface area contributed by atoms with Crippen molar-refractivity contribution in [2.24, 2.45) is 5.92 Å². The van der Waals surface area contributed by atoms with Crippen molar-refractivity contribution in [1.29, 1.82) is 0 Å². The van der Waals surface area contributed by atoms with Gasteiger partial charge in [-0.05, 0) is 36.5 Å². The number of rotatable bonds is 5. The van der Waals surface area contributed by atoms with Crippen molar-refractivity contribution in [3.8, 4) is 11.4 Å². The Morgan fingerprint density at radius 1 is 0.958 bits per heavy atom. The molecular formula is C21H24N2O. The number of aromatic amines is 1. The van der Waals surface area contributed by atoms with Gasteiger partial charge in [0.1, 0.15) is 5.82 Å². The Bertz CT molecular complexity index is 769. The van der Waals surface area contributed by atoms with E-state index in [1.807, 2.05) is 18.2 Å². The SMILES string of the molecule is c1ccc(-c2nc3ccccc3[nH]2)c(COCC2CCCCC2)c1. The molecule has 1 saturated carbocycles. The summed E-state index contributed by atoms with van der Waals surface area (Å²) in [5.74, 6) is 1.67. The standard InChI is InChI=1S/C21H24N2O/c1-2-8-16(9-3-1)14-24-15-17-10-4-5-11-18(17)21-22-19-12-6-7-13-20(19)23-21/h4-7,10-13,16H,1-3,8-9,14-15H2,(H,22,23). The van der Waals surface area contributed by atoms with E-state index in [0.717, 1.165) is 34.9 Å². The van der Waals surface area contributed by atoms with E-state index in [2.05, 4.69) is 35.3 Å². The van der Waals surface area contributed by atoms with Gasteiger partial charge in [0.05, 0.1) is 17.6 Å². The maximum atomic E-state index is 6.05. The van der Waals surface area contributed by atoms with E-state index >= 15 is 0 Å². The molecule has 3 heteroatoms. The minimum absolute atomic E-state index is 0.656. The average Bonchev–Trinajstić information content (AvgIpc) is 3.07. The Labute approximate surface area is 143 Å². The van der Waals surface area contributed by atoms with Crippen molar-refractivity contribution < 1.29 is 4.74 Å². The van der Waals surface area contributed by atoms with E-state index in [4.69, 9.17) is 9.72 Å². The molecule has 0 aliphatic heterocycles. The van der Waals surface area contributed by atoms with E-state index < -0.39 is 0 Å². The zero-order valence-electron chi connectivity index (χ0n) is 14.0. The molecule has 1 fully saturated rings. The van der Waals surface area contributed by atoms with Crippen LogP contribution in [0.1, 0.15) is 37.7 Å². The van der Waals surface area contributed by atoms with E-state index in [1.54, 1.807) is 0 Å². The average molecular weight is 320 g/mol. The molecule has 0 atom stereocenters. The Hall–Kier alpha value is -2.13. The minimum Gasteiger partial charge on any atom is -0.376 e. The quantitative estimate of drug-likeness (QED) is 0.690. The predicted molar refractivity (Wildman–Crippen MR) is 97.8 cm³/mol. The molecule has 2 aromatic carbocycles. The number of hydrogen-bond acceptors (Lipinski definition) is 2. The molecule has 1 aliphatic rings. The maximum absolute atomic E-state index is 6.05. The number of ether oxygens (including phenoxy) is 1. The molecule has 0 spiro atoms. The molecule has 3 nitrogen and oxygen atoms in total. The second-order valence-corrected chi connectivity index (χ2v) is 6.78. The van der Waals surface area contributed by atoms with Gasteiger partial charge in [0.25, 0.3) is 0 Å². The van der Waals surface area contributed by atoms with Crippen LogP contribution in [0.25, 0.3) is 22.4 Å². The van der Waals surface area contributed by atoms with Crippen molar-refractivity contribution in [1.82, 2.24) is 9.97 Å². The number of benzene rings is 2. The van der Waals surface area contributed by atoms with Crippen LogP contribution in [-0.2, 0) is 11.3 Å². The zero-order chi connectivity index (χ0) is 16.2. The molecular weight excluding hydrogens is 296 g/mol. The first-order valence-electron chi connectivity index (χ1n) is 9.01. The van der Waals surface area contributed by atoms with Crippen LogP contribution in [0.3, 0.4) is 0 Å². The summed E-state index contributed by atoms with van der Waals surface area (Å²) in [6, 6.07) is 16.6. The lowest BCUT2D eigenvalue weighted by Gasteiger charge is -2.21. The Morgan fingerprint density at radius 2 is 1.75 bits per heavy atom. The smallest absolute Gasteiger partial charge is 0.138 e. The summed E-state index contributed by atoms with van der Waals surface area (Å²) < 4.78 is 6.05. The highest BCUT2D eigenvalue weighted by atomic mass is 16.5. The van der Waals surface area contributed by atoms with Gasteiger partial charge in [-0.2, -0.15) is 0 Å². The van der Waals surface area contributed by atoms with Crippen LogP contribution in [0.2, 0.25) is 0 Å². The molecule has 24 heavy (non-hydrogen) atoms. The lowest BCUT2D eigenvalue weighted by molar-refractivity contribution is 0.0741. The number of fused-ring (bicyclic) bond motifs is 1. The number of nitrogens with zero attached hydrogens (tertiary/aromatic N) is 1. The van der Waals surface area contributed by atoms with Gasteiger partial charge in [0, 0.05) is 12.2 Å². The number of nitrogens with one attached hydrogen (secondary N) is 1. The molecule has 0 amide bonds. The monoisotopic (exact) mass is 320 g/mol. The molecule has 0 saturated heterocycles. The maximum Gasteiger partial charge on any atom is 0.138 e. The van der Waals surface area contributed by atoms with Crippen molar-refractivity contribution >= 4 is 11.0 Å². The zero-order valence-corrected chi connectivity index (χ0v) is 14.0. The summed E-state index contributed by atoms with van der Waals surface area (Å²) in [6.45, 7) is 1.54.